The van der Waals surface area contributed by atoms with Crippen molar-refractivity contribution in [1.29, 1.82) is 0 Å². The maximum atomic E-state index is 14.0. The van der Waals surface area contributed by atoms with Crippen molar-refractivity contribution in [1.82, 2.24) is 0 Å². The molecule has 0 aromatic heterocycles. The molecule has 42 heavy (non-hydrogen) atoms. The number of hydrogen-bond donors (Lipinski definition) is 0. The zero-order valence-corrected chi connectivity index (χ0v) is 26.3. The quantitative estimate of drug-likeness (QED) is 0.133. The second kappa shape index (κ2) is 12.9. The molecule has 0 bridgehead atoms. The van der Waals surface area contributed by atoms with Gasteiger partial charge in [-0.1, -0.05) is 82.1 Å². The molecule has 0 radical (unpaired) electrons. The Bertz CT molecular complexity index is 1520. The summed E-state index contributed by atoms with van der Waals surface area (Å²) in [5.41, 5.74) is 0.113. The summed E-state index contributed by atoms with van der Waals surface area (Å²) in [7, 11) is -3.61. The molecule has 4 aromatic carbocycles. The van der Waals surface area contributed by atoms with Crippen LogP contribution < -0.4 is 9.05 Å². The maximum Gasteiger partial charge on any atom is 0.418 e. The van der Waals surface area contributed by atoms with Crippen molar-refractivity contribution < 1.29 is 40.0 Å². The number of benzene rings is 4. The molecule has 0 saturated heterocycles. The van der Waals surface area contributed by atoms with Crippen LogP contribution in [-0.2, 0) is 29.8 Å². The number of halogens is 8. The van der Waals surface area contributed by atoms with Crippen LogP contribution in [0.15, 0.2) is 81.7 Å². The summed E-state index contributed by atoms with van der Waals surface area (Å²) in [4.78, 5) is 0. The first-order valence-electron chi connectivity index (χ1n) is 12.6. The zero-order chi connectivity index (χ0) is 30.8. The molecule has 12 heteroatoms. The lowest BCUT2D eigenvalue weighted by molar-refractivity contribution is -0.138. The molecular weight excluding hydrogens is 713 g/mol. The molecule has 0 atom stereocenters. The lowest BCUT2D eigenvalue weighted by atomic mass is 9.97. The fourth-order valence-corrected chi connectivity index (χ4v) is 6.28. The van der Waals surface area contributed by atoms with E-state index >= 15 is 0 Å². The highest BCUT2D eigenvalue weighted by Crippen LogP contribution is 2.45. The van der Waals surface area contributed by atoms with Crippen LogP contribution in [0.25, 0.3) is 22.3 Å². The highest BCUT2D eigenvalue weighted by atomic mass is 79.9. The number of rotatable bonds is 8. The van der Waals surface area contributed by atoms with E-state index in [0.29, 0.717) is 45.0 Å². The van der Waals surface area contributed by atoms with Crippen LogP contribution in [-0.4, -0.2) is 0 Å². The van der Waals surface area contributed by atoms with E-state index < -0.39 is 43.2 Å². The smallest absolute Gasteiger partial charge is 0.418 e. The van der Waals surface area contributed by atoms with Gasteiger partial charge in [-0.2, -0.15) is 26.3 Å². The van der Waals surface area contributed by atoms with Crippen molar-refractivity contribution in [3.8, 4) is 33.8 Å². The Morgan fingerprint density at radius 2 is 0.952 bits per heavy atom. The van der Waals surface area contributed by atoms with E-state index in [0.717, 1.165) is 11.1 Å². The van der Waals surface area contributed by atoms with Crippen LogP contribution in [0.5, 0.6) is 11.5 Å². The number of hydrogen-bond acceptors (Lipinski definition) is 3. The third kappa shape index (κ3) is 7.41. The predicted molar refractivity (Wildman–Crippen MR) is 158 cm³/mol. The van der Waals surface area contributed by atoms with Crippen molar-refractivity contribution in [2.75, 3.05) is 0 Å². The molecule has 3 nitrogen and oxygen atoms in total. The fourth-order valence-electron chi connectivity index (χ4n) is 4.32. The highest BCUT2D eigenvalue weighted by Gasteiger charge is 2.36. The van der Waals surface area contributed by atoms with E-state index in [1.807, 2.05) is 13.8 Å². The molecule has 0 spiro atoms. The summed E-state index contributed by atoms with van der Waals surface area (Å²) in [5, 5.41) is 0. The van der Waals surface area contributed by atoms with E-state index in [2.05, 4.69) is 31.9 Å². The predicted octanol–water partition coefficient (Wildman–Crippen LogP) is 11.6. The monoisotopic (exact) mass is 734 g/mol. The first kappa shape index (κ1) is 32.2. The van der Waals surface area contributed by atoms with E-state index in [9.17, 15) is 30.9 Å². The molecular formula is C30H23Br2F6O3P. The second-order valence-corrected chi connectivity index (χ2v) is 11.8. The van der Waals surface area contributed by atoms with Gasteiger partial charge in [0, 0.05) is 8.95 Å². The van der Waals surface area contributed by atoms with Crippen molar-refractivity contribution in [3.05, 3.63) is 104 Å². The highest BCUT2D eigenvalue weighted by molar-refractivity contribution is 9.11. The Morgan fingerprint density at radius 1 is 0.595 bits per heavy atom. The van der Waals surface area contributed by atoms with Crippen molar-refractivity contribution >= 4 is 40.1 Å². The van der Waals surface area contributed by atoms with Gasteiger partial charge < -0.3 is 9.05 Å². The van der Waals surface area contributed by atoms with Crippen molar-refractivity contribution in [2.45, 2.75) is 39.0 Å². The average molecular weight is 736 g/mol. The van der Waals surface area contributed by atoms with Gasteiger partial charge in [-0.3, -0.25) is 0 Å². The Kier molecular flexibility index (Phi) is 9.85. The van der Waals surface area contributed by atoms with E-state index in [4.69, 9.17) is 9.05 Å². The van der Waals surface area contributed by atoms with E-state index in [1.165, 1.54) is 24.3 Å². The third-order valence-electron chi connectivity index (χ3n) is 6.46. The largest absolute Gasteiger partial charge is 0.418 e. The summed E-state index contributed by atoms with van der Waals surface area (Å²) < 4.78 is 108. The first-order chi connectivity index (χ1) is 19.7. The Balaban J connectivity index is 1.61. The molecule has 0 aliphatic carbocycles. The van der Waals surface area contributed by atoms with Crippen LogP contribution >= 0.6 is 40.1 Å². The molecule has 0 heterocycles. The molecule has 0 saturated carbocycles. The van der Waals surface area contributed by atoms with Gasteiger partial charge in [-0.15, -0.1) is 0 Å². The molecule has 0 fully saturated rings. The summed E-state index contributed by atoms with van der Waals surface area (Å²) in [6.07, 6.45) is -8.17. The van der Waals surface area contributed by atoms with Gasteiger partial charge in [0.2, 0.25) is 0 Å². The maximum absolute atomic E-state index is 14.0. The van der Waals surface area contributed by atoms with Crippen LogP contribution in [0.4, 0.5) is 26.3 Å². The van der Waals surface area contributed by atoms with Crippen molar-refractivity contribution in [2.24, 2.45) is 0 Å². The molecule has 4 rings (SSSR count). The van der Waals surface area contributed by atoms with E-state index in [-0.39, 0.29) is 11.1 Å². The topological polar surface area (TPSA) is 35.5 Å². The van der Waals surface area contributed by atoms with Gasteiger partial charge in [-0.25, -0.2) is 4.57 Å². The standard InChI is InChI=1S/C30H23Br2F6O3P/c1-3-17-5-9-23(27(31)13-17)21-11-7-19(15-25(21)29(33,34)35)40-42(39)41-20-8-12-22(26(16-20)30(36,37)38)24-10-6-18(4-2)14-28(24)32/h5-16,42H,3-4H2,1-2H3. The minimum absolute atomic E-state index is 0.131. The first-order valence-corrected chi connectivity index (χ1v) is 15.4. The molecule has 222 valence electrons. The van der Waals surface area contributed by atoms with Crippen LogP contribution in [0, 0.1) is 0 Å². The summed E-state index contributed by atoms with van der Waals surface area (Å²) >= 11 is 6.65. The Morgan fingerprint density at radius 3 is 1.26 bits per heavy atom. The van der Waals surface area contributed by atoms with Gasteiger partial charge in [0.25, 0.3) is 0 Å². The van der Waals surface area contributed by atoms with Gasteiger partial charge in [0.15, 0.2) is 0 Å². The van der Waals surface area contributed by atoms with Crippen LogP contribution in [0.2, 0.25) is 0 Å². The molecule has 0 unspecified atom stereocenters. The minimum Gasteiger partial charge on any atom is -0.418 e. The summed E-state index contributed by atoms with van der Waals surface area (Å²) in [5.74, 6) is -0.826. The molecule has 4 aromatic rings. The van der Waals surface area contributed by atoms with Crippen LogP contribution in [0.3, 0.4) is 0 Å². The van der Waals surface area contributed by atoms with Gasteiger partial charge in [-0.05, 0) is 82.6 Å². The average Bonchev–Trinajstić information content (AvgIpc) is 2.92. The van der Waals surface area contributed by atoms with Gasteiger partial charge in [0.05, 0.1) is 11.1 Å². The second-order valence-electron chi connectivity index (χ2n) is 9.20. The lowest BCUT2D eigenvalue weighted by Crippen LogP contribution is -2.08. The molecule has 0 aliphatic heterocycles. The normalized spacial score (nSPS) is 12.1. The third-order valence-corrected chi connectivity index (χ3v) is 8.58. The fraction of sp³-hybridized carbons (Fsp3) is 0.200. The van der Waals surface area contributed by atoms with Gasteiger partial charge >= 0.3 is 20.6 Å². The minimum atomic E-state index is -4.78. The number of aryl methyl sites for hydroxylation is 2. The summed E-state index contributed by atoms with van der Waals surface area (Å²) in [6.45, 7) is 3.84. The molecule has 0 aliphatic rings. The Labute approximate surface area is 256 Å². The molecule has 0 amide bonds. The Hall–Kier alpha value is -2.75. The van der Waals surface area contributed by atoms with Gasteiger partial charge in [0.1, 0.15) is 11.5 Å². The summed E-state index contributed by atoms with van der Waals surface area (Å²) in [6, 6.07) is 16.1. The number of alkyl halides is 6. The van der Waals surface area contributed by atoms with Crippen LogP contribution in [0.1, 0.15) is 36.1 Å². The lowest BCUT2D eigenvalue weighted by Gasteiger charge is -2.18. The SMILES string of the molecule is CCc1ccc(-c2ccc(O[PH](=O)Oc3ccc(-c4ccc(CC)cc4Br)c(C(F)(F)F)c3)cc2C(F)(F)F)c(Br)c1. The van der Waals surface area contributed by atoms with Crippen molar-refractivity contribution in [3.63, 3.8) is 0 Å². The zero-order valence-electron chi connectivity index (χ0n) is 22.1. The molecule has 0 N–H and O–H groups in total. The van der Waals surface area contributed by atoms with E-state index in [1.54, 1.807) is 36.4 Å².